The number of carbonyl (C=O) groups is 1. The molecule has 0 saturated carbocycles. The van der Waals surface area contributed by atoms with E-state index in [-0.39, 0.29) is 5.56 Å². The van der Waals surface area contributed by atoms with E-state index in [1.807, 2.05) is 12.1 Å². The molecule has 0 aliphatic rings. The van der Waals surface area contributed by atoms with Crippen LogP contribution in [0.1, 0.15) is 35.0 Å². The van der Waals surface area contributed by atoms with Crippen molar-refractivity contribution in [2.24, 2.45) is 0 Å². The lowest BCUT2D eigenvalue weighted by Crippen LogP contribution is -2.01. The van der Waals surface area contributed by atoms with Gasteiger partial charge in [0.05, 0.1) is 11.3 Å². The van der Waals surface area contributed by atoms with Crippen LogP contribution < -0.4 is 4.74 Å². The second-order valence-electron chi connectivity index (χ2n) is 4.53. The smallest absolute Gasteiger partial charge is 0.337 e. The van der Waals surface area contributed by atoms with Crippen LogP contribution in [0.25, 0.3) is 0 Å². The summed E-state index contributed by atoms with van der Waals surface area (Å²) in [6, 6.07) is 11.2. The van der Waals surface area contributed by atoms with E-state index >= 15 is 0 Å². The van der Waals surface area contributed by atoms with E-state index in [1.54, 1.807) is 6.07 Å². The second kappa shape index (κ2) is 6.70. The van der Waals surface area contributed by atoms with Crippen LogP contribution in [0, 0.1) is 0 Å². The van der Waals surface area contributed by atoms with Gasteiger partial charge in [0.2, 0.25) is 0 Å². The highest BCUT2D eigenvalue weighted by atomic mass is 16.5. The molecule has 0 amide bonds. The van der Waals surface area contributed by atoms with Gasteiger partial charge in [-0.25, -0.2) is 4.79 Å². The standard InChI is InChI=1S/C16H17NO3/c1-2-3-12-4-8-15(9-5-12)20-11-14-7-6-13(10-17-14)16(18)19/h4-10H,2-3,11H2,1H3,(H,18,19). The van der Waals surface area contributed by atoms with Gasteiger partial charge >= 0.3 is 5.97 Å². The molecule has 1 N–H and O–H groups in total. The summed E-state index contributed by atoms with van der Waals surface area (Å²) in [7, 11) is 0. The van der Waals surface area contributed by atoms with Gasteiger partial charge in [0.15, 0.2) is 0 Å². The highest BCUT2D eigenvalue weighted by Crippen LogP contribution is 2.14. The molecule has 104 valence electrons. The van der Waals surface area contributed by atoms with Crippen molar-refractivity contribution in [2.75, 3.05) is 0 Å². The van der Waals surface area contributed by atoms with Crippen molar-refractivity contribution in [1.29, 1.82) is 0 Å². The molecule has 0 fully saturated rings. The van der Waals surface area contributed by atoms with E-state index in [9.17, 15) is 4.79 Å². The van der Waals surface area contributed by atoms with Gasteiger partial charge in [0, 0.05) is 6.20 Å². The summed E-state index contributed by atoms with van der Waals surface area (Å²) >= 11 is 0. The average molecular weight is 271 g/mol. The summed E-state index contributed by atoms with van der Waals surface area (Å²) in [6.07, 6.45) is 3.53. The van der Waals surface area contributed by atoms with Gasteiger partial charge in [-0.15, -0.1) is 0 Å². The third kappa shape index (κ3) is 3.82. The van der Waals surface area contributed by atoms with Gasteiger partial charge in [0.25, 0.3) is 0 Å². The van der Waals surface area contributed by atoms with Gasteiger partial charge in [-0.2, -0.15) is 0 Å². The number of rotatable bonds is 6. The Balaban J connectivity index is 1.92. The summed E-state index contributed by atoms with van der Waals surface area (Å²) < 4.78 is 5.62. The predicted molar refractivity (Wildman–Crippen MR) is 76.0 cm³/mol. The van der Waals surface area contributed by atoms with Gasteiger partial charge in [0.1, 0.15) is 12.4 Å². The second-order valence-corrected chi connectivity index (χ2v) is 4.53. The molecule has 0 aliphatic heterocycles. The number of carboxylic acid groups (broad SMARTS) is 1. The molecule has 0 aliphatic carbocycles. The Hall–Kier alpha value is -2.36. The minimum Gasteiger partial charge on any atom is -0.487 e. The summed E-state index contributed by atoms with van der Waals surface area (Å²) in [4.78, 5) is 14.8. The lowest BCUT2D eigenvalue weighted by molar-refractivity contribution is 0.0696. The molecule has 1 heterocycles. The number of ether oxygens (including phenoxy) is 1. The first-order chi connectivity index (χ1) is 9.69. The predicted octanol–water partition coefficient (Wildman–Crippen LogP) is 3.31. The van der Waals surface area contributed by atoms with Crippen molar-refractivity contribution in [3.05, 3.63) is 59.4 Å². The maximum Gasteiger partial charge on any atom is 0.337 e. The Morgan fingerprint density at radius 1 is 1.20 bits per heavy atom. The molecule has 0 unspecified atom stereocenters. The van der Waals surface area contributed by atoms with Gasteiger partial charge in [-0.05, 0) is 36.2 Å². The minimum absolute atomic E-state index is 0.178. The number of aromatic nitrogens is 1. The van der Waals surface area contributed by atoms with Crippen LogP contribution in [0.3, 0.4) is 0 Å². The van der Waals surface area contributed by atoms with Gasteiger partial charge in [-0.3, -0.25) is 4.98 Å². The number of benzene rings is 1. The lowest BCUT2D eigenvalue weighted by Gasteiger charge is -2.07. The molecule has 2 rings (SSSR count). The van der Waals surface area contributed by atoms with Crippen LogP contribution in [0.15, 0.2) is 42.6 Å². The van der Waals surface area contributed by atoms with E-state index < -0.39 is 5.97 Å². The van der Waals surface area contributed by atoms with Crippen LogP contribution >= 0.6 is 0 Å². The van der Waals surface area contributed by atoms with Crippen LogP contribution in [0.5, 0.6) is 5.75 Å². The third-order valence-corrected chi connectivity index (χ3v) is 2.92. The average Bonchev–Trinajstić information content (AvgIpc) is 2.47. The fraction of sp³-hybridized carbons (Fsp3) is 0.250. The third-order valence-electron chi connectivity index (χ3n) is 2.92. The Kier molecular flexibility index (Phi) is 4.71. The van der Waals surface area contributed by atoms with Crippen molar-refractivity contribution >= 4 is 5.97 Å². The first-order valence-corrected chi connectivity index (χ1v) is 6.59. The van der Waals surface area contributed by atoms with E-state index in [2.05, 4.69) is 24.0 Å². The molecule has 1 aromatic carbocycles. The molecular weight excluding hydrogens is 254 g/mol. The number of carboxylic acids is 1. The maximum atomic E-state index is 10.7. The molecule has 4 nitrogen and oxygen atoms in total. The molecule has 1 aromatic heterocycles. The summed E-state index contributed by atoms with van der Waals surface area (Å²) in [5.41, 5.74) is 2.18. The Bertz CT molecular complexity index is 561. The largest absolute Gasteiger partial charge is 0.487 e. The molecular formula is C16H17NO3. The molecule has 4 heteroatoms. The Morgan fingerprint density at radius 3 is 2.50 bits per heavy atom. The van der Waals surface area contributed by atoms with Crippen LogP contribution in [0.4, 0.5) is 0 Å². The minimum atomic E-state index is -0.975. The summed E-state index contributed by atoms with van der Waals surface area (Å²) in [6.45, 7) is 2.48. The van der Waals surface area contributed by atoms with Crippen LogP contribution in [0.2, 0.25) is 0 Å². The monoisotopic (exact) mass is 271 g/mol. The number of pyridine rings is 1. The Labute approximate surface area is 118 Å². The van der Waals surface area contributed by atoms with E-state index in [1.165, 1.54) is 17.8 Å². The highest BCUT2D eigenvalue weighted by molar-refractivity contribution is 5.87. The molecule has 0 bridgehead atoms. The fourth-order valence-electron chi connectivity index (χ4n) is 1.83. The van der Waals surface area contributed by atoms with E-state index in [4.69, 9.17) is 9.84 Å². The summed E-state index contributed by atoms with van der Waals surface area (Å²) in [5.74, 6) is -0.189. The number of hydrogen-bond acceptors (Lipinski definition) is 3. The zero-order chi connectivity index (χ0) is 14.4. The van der Waals surface area contributed by atoms with Crippen molar-refractivity contribution in [2.45, 2.75) is 26.4 Å². The molecule has 0 atom stereocenters. The Morgan fingerprint density at radius 2 is 1.95 bits per heavy atom. The topological polar surface area (TPSA) is 59.4 Å². The summed E-state index contributed by atoms with van der Waals surface area (Å²) in [5, 5.41) is 8.78. The van der Waals surface area contributed by atoms with Gasteiger partial charge < -0.3 is 9.84 Å². The van der Waals surface area contributed by atoms with Crippen molar-refractivity contribution in [3.8, 4) is 5.75 Å². The normalized spacial score (nSPS) is 10.2. The van der Waals surface area contributed by atoms with Crippen LogP contribution in [-0.4, -0.2) is 16.1 Å². The number of nitrogens with zero attached hydrogens (tertiary/aromatic N) is 1. The zero-order valence-corrected chi connectivity index (χ0v) is 11.4. The molecule has 0 spiro atoms. The quantitative estimate of drug-likeness (QED) is 0.875. The lowest BCUT2D eigenvalue weighted by atomic mass is 10.1. The number of aromatic carboxylic acids is 1. The maximum absolute atomic E-state index is 10.7. The van der Waals surface area contributed by atoms with E-state index in [0.717, 1.165) is 18.6 Å². The molecule has 0 saturated heterocycles. The van der Waals surface area contributed by atoms with Crippen molar-refractivity contribution < 1.29 is 14.6 Å². The first-order valence-electron chi connectivity index (χ1n) is 6.59. The fourth-order valence-corrected chi connectivity index (χ4v) is 1.83. The number of hydrogen-bond donors (Lipinski definition) is 1. The highest BCUT2D eigenvalue weighted by Gasteiger charge is 2.03. The first kappa shape index (κ1) is 14.1. The van der Waals surface area contributed by atoms with E-state index in [0.29, 0.717) is 12.3 Å². The van der Waals surface area contributed by atoms with Crippen molar-refractivity contribution in [1.82, 2.24) is 4.98 Å². The molecule has 0 radical (unpaired) electrons. The SMILES string of the molecule is CCCc1ccc(OCc2ccc(C(=O)O)cn2)cc1. The molecule has 20 heavy (non-hydrogen) atoms. The van der Waals surface area contributed by atoms with Crippen molar-refractivity contribution in [3.63, 3.8) is 0 Å². The van der Waals surface area contributed by atoms with Gasteiger partial charge in [-0.1, -0.05) is 25.5 Å². The zero-order valence-electron chi connectivity index (χ0n) is 11.4. The molecule has 2 aromatic rings. The van der Waals surface area contributed by atoms with Crippen LogP contribution in [-0.2, 0) is 13.0 Å². The number of aryl methyl sites for hydroxylation is 1.